The van der Waals surface area contributed by atoms with E-state index in [1.807, 2.05) is 4.90 Å². The van der Waals surface area contributed by atoms with Crippen molar-refractivity contribution in [1.29, 1.82) is 0 Å². The number of hydrogen-bond acceptors (Lipinski definition) is 4. The Morgan fingerprint density at radius 2 is 1.94 bits per heavy atom. The van der Waals surface area contributed by atoms with E-state index in [9.17, 15) is 9.59 Å². The van der Waals surface area contributed by atoms with Gasteiger partial charge in [-0.1, -0.05) is 13.8 Å². The van der Waals surface area contributed by atoms with Crippen LogP contribution >= 0.6 is 0 Å². The Hall–Kier alpha value is -1.14. The molecule has 0 aliphatic carbocycles. The summed E-state index contributed by atoms with van der Waals surface area (Å²) in [7, 11) is 0. The second-order valence-corrected chi connectivity index (χ2v) is 5.24. The number of amides is 1. The molecule has 1 heterocycles. The highest BCUT2D eigenvalue weighted by atomic mass is 16.4. The summed E-state index contributed by atoms with van der Waals surface area (Å²) < 4.78 is 0. The first-order valence-electron chi connectivity index (χ1n) is 6.40. The van der Waals surface area contributed by atoms with E-state index >= 15 is 0 Å². The number of carboxylic acid groups (broad SMARTS) is 1. The second kappa shape index (κ2) is 6.70. The Bertz CT molecular complexity index is 299. The van der Waals surface area contributed by atoms with Crippen LogP contribution in [0.1, 0.15) is 26.7 Å². The smallest absolute Gasteiger partial charge is 0.326 e. The van der Waals surface area contributed by atoms with E-state index in [2.05, 4.69) is 5.32 Å². The Morgan fingerprint density at radius 1 is 1.39 bits per heavy atom. The molecule has 1 aliphatic rings. The van der Waals surface area contributed by atoms with Crippen LogP contribution in [0.2, 0.25) is 0 Å². The Balaban J connectivity index is 2.38. The molecule has 18 heavy (non-hydrogen) atoms. The maximum Gasteiger partial charge on any atom is 0.326 e. The van der Waals surface area contributed by atoms with Crippen LogP contribution in [0, 0.1) is 5.92 Å². The van der Waals surface area contributed by atoms with Crippen molar-refractivity contribution >= 4 is 11.9 Å². The van der Waals surface area contributed by atoms with E-state index in [4.69, 9.17) is 10.8 Å². The molecule has 0 radical (unpaired) electrons. The maximum absolute atomic E-state index is 11.8. The predicted octanol–water partition coefficient (Wildman–Crippen LogP) is -0.365. The van der Waals surface area contributed by atoms with Crippen LogP contribution in [-0.4, -0.2) is 53.6 Å². The number of nitrogens with one attached hydrogen (secondary N) is 1. The number of likely N-dealkylation sites (tertiary alicyclic amines) is 1. The van der Waals surface area contributed by atoms with Gasteiger partial charge in [0.15, 0.2) is 0 Å². The molecule has 1 atom stereocenters. The summed E-state index contributed by atoms with van der Waals surface area (Å²) in [6, 6.07) is -0.587. The summed E-state index contributed by atoms with van der Waals surface area (Å²) in [6.45, 7) is 5.41. The zero-order valence-corrected chi connectivity index (χ0v) is 11.1. The molecule has 0 aromatic heterocycles. The van der Waals surface area contributed by atoms with E-state index < -0.39 is 12.0 Å². The Labute approximate surface area is 108 Å². The zero-order valence-electron chi connectivity index (χ0n) is 11.1. The molecule has 1 amide bonds. The zero-order chi connectivity index (χ0) is 13.7. The highest BCUT2D eigenvalue weighted by Gasteiger charge is 2.25. The molecule has 6 nitrogen and oxygen atoms in total. The number of piperidine rings is 1. The van der Waals surface area contributed by atoms with Gasteiger partial charge in [0.25, 0.3) is 0 Å². The largest absolute Gasteiger partial charge is 0.480 e. The highest BCUT2D eigenvalue weighted by Crippen LogP contribution is 2.08. The normalized spacial score (nSPS) is 19.8. The van der Waals surface area contributed by atoms with Gasteiger partial charge in [-0.2, -0.15) is 0 Å². The highest BCUT2D eigenvalue weighted by molar-refractivity contribution is 5.84. The predicted molar refractivity (Wildman–Crippen MR) is 68.1 cm³/mol. The summed E-state index contributed by atoms with van der Waals surface area (Å²) in [5.41, 5.74) is 5.78. The van der Waals surface area contributed by atoms with Crippen molar-refractivity contribution in [2.24, 2.45) is 11.7 Å². The van der Waals surface area contributed by atoms with Gasteiger partial charge < -0.3 is 16.2 Å². The molecular formula is C12H23N3O3. The molecule has 104 valence electrons. The minimum absolute atomic E-state index is 0.124. The summed E-state index contributed by atoms with van der Waals surface area (Å²) in [5, 5.41) is 11.6. The molecule has 0 aromatic rings. The van der Waals surface area contributed by atoms with Crippen molar-refractivity contribution in [3.05, 3.63) is 0 Å². The second-order valence-electron chi connectivity index (χ2n) is 5.24. The van der Waals surface area contributed by atoms with Crippen molar-refractivity contribution in [2.45, 2.75) is 38.8 Å². The summed E-state index contributed by atoms with van der Waals surface area (Å²) >= 11 is 0. The third-order valence-electron chi connectivity index (χ3n) is 3.25. The van der Waals surface area contributed by atoms with Crippen molar-refractivity contribution in [3.8, 4) is 0 Å². The minimum atomic E-state index is -0.987. The van der Waals surface area contributed by atoms with Gasteiger partial charge in [0.1, 0.15) is 6.04 Å². The van der Waals surface area contributed by atoms with Crippen molar-refractivity contribution in [3.63, 3.8) is 0 Å². The number of nitrogens with two attached hydrogens (primary N) is 1. The first-order valence-corrected chi connectivity index (χ1v) is 6.40. The first-order chi connectivity index (χ1) is 8.40. The van der Waals surface area contributed by atoms with Gasteiger partial charge in [-0.15, -0.1) is 0 Å². The number of carbonyl (C=O) groups excluding carboxylic acids is 1. The van der Waals surface area contributed by atoms with Gasteiger partial charge in [-0.3, -0.25) is 9.69 Å². The number of nitrogens with zero attached hydrogens (tertiary/aromatic N) is 1. The number of carbonyl (C=O) groups is 2. The van der Waals surface area contributed by atoms with Crippen LogP contribution in [0.3, 0.4) is 0 Å². The summed E-state index contributed by atoms with van der Waals surface area (Å²) in [4.78, 5) is 24.7. The molecule has 1 aliphatic heterocycles. The van der Waals surface area contributed by atoms with Gasteiger partial charge in [0.05, 0.1) is 6.54 Å². The first kappa shape index (κ1) is 14.9. The number of aliphatic carboxylic acids is 1. The maximum atomic E-state index is 11.8. The summed E-state index contributed by atoms with van der Waals surface area (Å²) in [6.07, 6.45) is 1.78. The lowest BCUT2D eigenvalue weighted by Crippen LogP contribution is -2.50. The van der Waals surface area contributed by atoms with Gasteiger partial charge >= 0.3 is 5.97 Å². The van der Waals surface area contributed by atoms with E-state index in [1.54, 1.807) is 13.8 Å². The van der Waals surface area contributed by atoms with Crippen molar-refractivity contribution in [1.82, 2.24) is 10.2 Å². The molecule has 4 N–H and O–H groups in total. The Morgan fingerprint density at radius 3 is 2.39 bits per heavy atom. The van der Waals surface area contributed by atoms with Crippen LogP contribution in [-0.2, 0) is 9.59 Å². The van der Waals surface area contributed by atoms with Crippen LogP contribution < -0.4 is 11.1 Å². The number of hydrogen-bond donors (Lipinski definition) is 3. The van der Waals surface area contributed by atoms with Gasteiger partial charge in [0, 0.05) is 19.1 Å². The molecule has 0 saturated carbocycles. The standard InChI is InChI=1S/C12H23N3O3/c1-8(2)11(12(17)18)14-10(16)7-15-5-3-9(13)4-6-15/h8-9,11H,3-7,13H2,1-2H3,(H,14,16)(H,17,18)/t11-/m0/s1. The van der Waals surface area contributed by atoms with Crippen molar-refractivity contribution < 1.29 is 14.7 Å². The van der Waals surface area contributed by atoms with E-state index in [1.165, 1.54) is 0 Å². The third-order valence-corrected chi connectivity index (χ3v) is 3.25. The minimum Gasteiger partial charge on any atom is -0.480 e. The summed E-state index contributed by atoms with van der Waals surface area (Å²) in [5.74, 6) is -1.34. The van der Waals surface area contributed by atoms with Gasteiger partial charge in [-0.25, -0.2) is 4.79 Å². The van der Waals surface area contributed by atoms with E-state index in [-0.39, 0.29) is 24.4 Å². The third kappa shape index (κ3) is 4.62. The van der Waals surface area contributed by atoms with Crippen LogP contribution in [0.15, 0.2) is 0 Å². The molecule has 6 heteroatoms. The molecule has 1 saturated heterocycles. The lowest BCUT2D eigenvalue weighted by Gasteiger charge is -2.30. The Kier molecular flexibility index (Phi) is 5.55. The number of carboxylic acids is 1. The van der Waals surface area contributed by atoms with Gasteiger partial charge in [0.2, 0.25) is 5.91 Å². The molecule has 1 rings (SSSR count). The molecule has 0 bridgehead atoms. The molecule has 1 fully saturated rings. The SMILES string of the molecule is CC(C)[C@H](NC(=O)CN1CCC(N)CC1)C(=O)O. The fourth-order valence-electron chi connectivity index (χ4n) is 2.05. The fourth-order valence-corrected chi connectivity index (χ4v) is 2.05. The van der Waals surface area contributed by atoms with Crippen LogP contribution in [0.25, 0.3) is 0 Å². The monoisotopic (exact) mass is 257 g/mol. The molecule has 0 unspecified atom stereocenters. The number of rotatable bonds is 5. The molecule has 0 spiro atoms. The molecule has 0 aromatic carbocycles. The average Bonchev–Trinajstić information content (AvgIpc) is 2.28. The van der Waals surface area contributed by atoms with Crippen LogP contribution in [0.4, 0.5) is 0 Å². The molecular weight excluding hydrogens is 234 g/mol. The quantitative estimate of drug-likeness (QED) is 0.625. The van der Waals surface area contributed by atoms with Gasteiger partial charge in [-0.05, 0) is 18.8 Å². The van der Waals surface area contributed by atoms with E-state index in [0.717, 1.165) is 25.9 Å². The average molecular weight is 257 g/mol. The lowest BCUT2D eigenvalue weighted by atomic mass is 10.0. The lowest BCUT2D eigenvalue weighted by molar-refractivity contribution is -0.143. The van der Waals surface area contributed by atoms with Crippen molar-refractivity contribution in [2.75, 3.05) is 19.6 Å². The fraction of sp³-hybridized carbons (Fsp3) is 0.833. The topological polar surface area (TPSA) is 95.7 Å². The van der Waals surface area contributed by atoms with E-state index in [0.29, 0.717) is 0 Å². The van der Waals surface area contributed by atoms with Crippen LogP contribution in [0.5, 0.6) is 0 Å².